The molecule has 0 bridgehead atoms. The molecule has 0 unspecified atom stereocenters. The van der Waals surface area contributed by atoms with Crippen molar-refractivity contribution in [2.75, 3.05) is 13.7 Å². The normalized spacial score (nSPS) is 13.9. The van der Waals surface area contributed by atoms with Crippen LogP contribution < -0.4 is 9.47 Å². The topological polar surface area (TPSA) is 68.7 Å². The Hall–Kier alpha value is -3.58. The van der Waals surface area contributed by atoms with Crippen LogP contribution in [-0.2, 0) is 11.3 Å². The number of Topliss-reactive ketones (excluding diaryl/α,β-unsaturated/α-hetero) is 1. The number of esters is 1. The number of aromatic nitrogens is 1. The first-order chi connectivity index (χ1) is 18.7. The number of hydrogen-bond donors (Lipinski definition) is 0. The minimum atomic E-state index is -0.476. The fourth-order valence-corrected chi connectivity index (χ4v) is 5.06. The molecule has 1 aliphatic rings. The van der Waals surface area contributed by atoms with Gasteiger partial charge in [-0.1, -0.05) is 25.1 Å². The van der Waals surface area contributed by atoms with Gasteiger partial charge < -0.3 is 14.3 Å². The molecule has 0 amide bonds. The molecule has 1 aliphatic carbocycles. The maximum absolute atomic E-state index is 14.7. The zero-order chi connectivity index (χ0) is 28.1. The summed E-state index contributed by atoms with van der Waals surface area (Å²) in [6.07, 6.45) is 3.86. The molecular formula is C32H37FN2O4. The first-order valence-corrected chi connectivity index (χ1v) is 13.6. The Kier molecular flexibility index (Phi) is 9.12. The van der Waals surface area contributed by atoms with Crippen LogP contribution in [0.3, 0.4) is 0 Å². The second-order valence-electron chi connectivity index (χ2n) is 10.5. The van der Waals surface area contributed by atoms with Crippen LogP contribution in [0, 0.1) is 11.7 Å². The Morgan fingerprint density at radius 3 is 2.54 bits per heavy atom. The average Bonchev–Trinajstić information content (AvgIpc) is 3.76. The number of benzene rings is 2. The van der Waals surface area contributed by atoms with Crippen molar-refractivity contribution in [2.24, 2.45) is 5.92 Å². The molecule has 0 N–H and O–H groups in total. The standard InChI is InChI=1S/C32H37FN2O4/c1-6-35(20(2)3)19-25-15-24(29-17-31(38-5)34-18-30(29)33)12-13-27(25)32(37)39-26-9-7-8-23(16-26)28(14-21(4)36)22-10-11-22/h7-9,12-13,15-18,20,22,28H,6,10-11,14,19H2,1-5H3/t28-/m0/s1. The van der Waals surface area contributed by atoms with Gasteiger partial charge >= 0.3 is 5.97 Å². The zero-order valence-corrected chi connectivity index (χ0v) is 23.4. The van der Waals surface area contributed by atoms with E-state index in [4.69, 9.17) is 9.47 Å². The Morgan fingerprint density at radius 1 is 1.13 bits per heavy atom. The molecule has 206 valence electrons. The summed E-state index contributed by atoms with van der Waals surface area (Å²) in [4.78, 5) is 31.5. The van der Waals surface area contributed by atoms with E-state index in [1.54, 1.807) is 31.2 Å². The third kappa shape index (κ3) is 7.09. The quantitative estimate of drug-likeness (QED) is 0.188. The second-order valence-corrected chi connectivity index (χ2v) is 10.5. The van der Waals surface area contributed by atoms with Crippen molar-refractivity contribution in [3.63, 3.8) is 0 Å². The summed E-state index contributed by atoms with van der Waals surface area (Å²) in [7, 11) is 1.48. The molecule has 0 radical (unpaired) electrons. The molecule has 1 fully saturated rings. The molecule has 6 nitrogen and oxygen atoms in total. The largest absolute Gasteiger partial charge is 0.481 e. The SMILES string of the molecule is CCN(Cc1cc(-c2cc(OC)ncc2F)ccc1C(=O)Oc1cccc([C@@H](CC(C)=O)C2CC2)c1)C(C)C. The monoisotopic (exact) mass is 532 g/mol. The highest BCUT2D eigenvalue weighted by atomic mass is 19.1. The van der Waals surface area contributed by atoms with Gasteiger partial charge in [0, 0.05) is 30.6 Å². The van der Waals surface area contributed by atoms with Gasteiger partial charge in [0.25, 0.3) is 0 Å². The minimum Gasteiger partial charge on any atom is -0.481 e. The number of hydrogen-bond acceptors (Lipinski definition) is 6. The summed E-state index contributed by atoms with van der Waals surface area (Å²) >= 11 is 0. The van der Waals surface area contributed by atoms with Gasteiger partial charge in [-0.3, -0.25) is 4.90 Å². The van der Waals surface area contributed by atoms with E-state index in [9.17, 15) is 14.0 Å². The van der Waals surface area contributed by atoms with Gasteiger partial charge in [-0.15, -0.1) is 0 Å². The highest BCUT2D eigenvalue weighted by Crippen LogP contribution is 2.45. The van der Waals surface area contributed by atoms with Crippen LogP contribution in [0.2, 0.25) is 0 Å². The lowest BCUT2D eigenvalue weighted by atomic mass is 9.89. The molecule has 39 heavy (non-hydrogen) atoms. The predicted octanol–water partition coefficient (Wildman–Crippen LogP) is 6.82. The molecule has 4 rings (SSSR count). The van der Waals surface area contributed by atoms with Crippen LogP contribution in [0.25, 0.3) is 11.1 Å². The van der Waals surface area contributed by atoms with E-state index in [1.165, 1.54) is 7.11 Å². The molecule has 1 heterocycles. The molecule has 1 atom stereocenters. The van der Waals surface area contributed by atoms with E-state index in [2.05, 4.69) is 30.7 Å². The first kappa shape index (κ1) is 28.4. The Morgan fingerprint density at radius 2 is 1.90 bits per heavy atom. The van der Waals surface area contributed by atoms with Crippen molar-refractivity contribution in [1.29, 1.82) is 0 Å². The fourth-order valence-electron chi connectivity index (χ4n) is 5.06. The Bertz CT molecular complexity index is 1340. The van der Waals surface area contributed by atoms with Gasteiger partial charge in [0.2, 0.25) is 5.88 Å². The van der Waals surface area contributed by atoms with Crippen molar-refractivity contribution in [3.8, 4) is 22.8 Å². The summed E-state index contributed by atoms with van der Waals surface area (Å²) in [5.41, 5.74) is 3.16. The average molecular weight is 533 g/mol. The minimum absolute atomic E-state index is 0.146. The van der Waals surface area contributed by atoms with Gasteiger partial charge in [-0.05, 0) is 92.9 Å². The summed E-state index contributed by atoms with van der Waals surface area (Å²) in [6.45, 7) is 9.17. The number of carbonyl (C=O) groups excluding carboxylic acids is 2. The number of rotatable bonds is 12. The van der Waals surface area contributed by atoms with Crippen molar-refractivity contribution >= 4 is 11.8 Å². The lowest BCUT2D eigenvalue weighted by molar-refractivity contribution is -0.117. The summed E-state index contributed by atoms with van der Waals surface area (Å²) < 4.78 is 25.8. The van der Waals surface area contributed by atoms with Crippen molar-refractivity contribution in [1.82, 2.24) is 9.88 Å². The van der Waals surface area contributed by atoms with E-state index in [0.29, 0.717) is 47.2 Å². The summed E-state index contributed by atoms with van der Waals surface area (Å²) in [5, 5.41) is 0. The number of ether oxygens (including phenoxy) is 2. The van der Waals surface area contributed by atoms with Crippen LogP contribution >= 0.6 is 0 Å². The lowest BCUT2D eigenvalue weighted by Gasteiger charge is -2.26. The molecule has 0 spiro atoms. The molecular weight excluding hydrogens is 495 g/mol. The van der Waals surface area contributed by atoms with Crippen LogP contribution in [0.4, 0.5) is 4.39 Å². The Balaban J connectivity index is 1.66. The lowest BCUT2D eigenvalue weighted by Crippen LogP contribution is -2.31. The van der Waals surface area contributed by atoms with Crippen molar-refractivity contribution in [2.45, 2.75) is 65.5 Å². The molecule has 0 saturated heterocycles. The van der Waals surface area contributed by atoms with Crippen molar-refractivity contribution < 1.29 is 23.5 Å². The molecule has 1 aromatic heterocycles. The number of carbonyl (C=O) groups is 2. The van der Waals surface area contributed by atoms with Gasteiger partial charge in [0.1, 0.15) is 17.3 Å². The van der Waals surface area contributed by atoms with Crippen LogP contribution in [-0.4, -0.2) is 41.3 Å². The van der Waals surface area contributed by atoms with Gasteiger partial charge in [-0.25, -0.2) is 14.2 Å². The first-order valence-electron chi connectivity index (χ1n) is 13.6. The van der Waals surface area contributed by atoms with Crippen LogP contribution in [0.15, 0.2) is 54.7 Å². The fraction of sp³-hybridized carbons (Fsp3) is 0.406. The van der Waals surface area contributed by atoms with Gasteiger partial charge in [0.15, 0.2) is 0 Å². The van der Waals surface area contributed by atoms with Gasteiger partial charge in [0.05, 0.1) is 18.9 Å². The molecule has 2 aromatic carbocycles. The van der Waals surface area contributed by atoms with Crippen LogP contribution in [0.5, 0.6) is 11.6 Å². The smallest absolute Gasteiger partial charge is 0.343 e. The van der Waals surface area contributed by atoms with E-state index < -0.39 is 11.8 Å². The number of methoxy groups -OCH3 is 1. The van der Waals surface area contributed by atoms with Crippen LogP contribution in [0.1, 0.15) is 74.4 Å². The Labute approximate surface area is 230 Å². The van der Waals surface area contributed by atoms with Gasteiger partial charge in [-0.2, -0.15) is 0 Å². The molecule has 7 heteroatoms. The second kappa shape index (κ2) is 12.5. The van der Waals surface area contributed by atoms with Crippen molar-refractivity contribution in [3.05, 3.63) is 77.2 Å². The third-order valence-corrected chi connectivity index (χ3v) is 7.38. The van der Waals surface area contributed by atoms with E-state index in [1.807, 2.05) is 24.3 Å². The molecule has 0 aliphatic heterocycles. The van der Waals surface area contributed by atoms with E-state index in [0.717, 1.165) is 36.7 Å². The molecule has 3 aromatic rings. The van der Waals surface area contributed by atoms with E-state index >= 15 is 0 Å². The number of ketones is 1. The molecule has 1 saturated carbocycles. The predicted molar refractivity (Wildman–Crippen MR) is 150 cm³/mol. The highest BCUT2D eigenvalue weighted by molar-refractivity contribution is 5.93. The maximum atomic E-state index is 14.7. The van der Waals surface area contributed by atoms with E-state index in [-0.39, 0.29) is 17.7 Å². The number of nitrogens with zero attached hydrogens (tertiary/aromatic N) is 2. The number of halogens is 1. The number of pyridine rings is 1. The maximum Gasteiger partial charge on any atom is 0.343 e. The summed E-state index contributed by atoms with van der Waals surface area (Å²) in [5.74, 6) is 0.616. The zero-order valence-electron chi connectivity index (χ0n) is 23.4. The highest BCUT2D eigenvalue weighted by Gasteiger charge is 2.33. The third-order valence-electron chi connectivity index (χ3n) is 7.38. The summed E-state index contributed by atoms with van der Waals surface area (Å²) in [6, 6.07) is 14.6.